The van der Waals surface area contributed by atoms with Crippen molar-refractivity contribution >= 4 is 27.5 Å². The van der Waals surface area contributed by atoms with Crippen LogP contribution in [0.3, 0.4) is 0 Å². The van der Waals surface area contributed by atoms with Gasteiger partial charge in [0, 0.05) is 11.8 Å². The number of halogens is 1. The molecule has 0 bridgehead atoms. The third-order valence-corrected chi connectivity index (χ3v) is 4.03. The lowest BCUT2D eigenvalue weighted by atomic mass is 10.3. The number of ether oxygens (including phenoxy) is 1. The smallest absolute Gasteiger partial charge is 0.246 e. The second-order valence-electron chi connectivity index (χ2n) is 3.86. The van der Waals surface area contributed by atoms with Crippen molar-refractivity contribution in [1.82, 2.24) is 0 Å². The normalized spacial score (nSPS) is 11.1. The van der Waals surface area contributed by atoms with Crippen molar-refractivity contribution < 1.29 is 13.2 Å². The van der Waals surface area contributed by atoms with Gasteiger partial charge < -0.3 is 4.74 Å². The molecule has 4 nitrogen and oxygen atoms in total. The number of anilines is 1. The first-order chi connectivity index (χ1) is 8.98. The molecule has 0 aliphatic carbocycles. The van der Waals surface area contributed by atoms with Gasteiger partial charge in [0.15, 0.2) is 5.75 Å². The minimum absolute atomic E-state index is 0.274. The lowest BCUT2D eigenvalue weighted by Crippen LogP contribution is -2.19. The molecule has 100 valence electrons. The van der Waals surface area contributed by atoms with E-state index in [9.17, 15) is 8.42 Å². The quantitative estimate of drug-likeness (QED) is 0.813. The maximum atomic E-state index is 11.5. The molecule has 0 amide bonds. The first-order valence-corrected chi connectivity index (χ1v) is 7.65. The van der Waals surface area contributed by atoms with Crippen LogP contribution in [0, 0.1) is 0 Å². The van der Waals surface area contributed by atoms with E-state index in [0.717, 1.165) is 6.26 Å². The summed E-state index contributed by atoms with van der Waals surface area (Å²) in [6, 6.07) is 15.7. The van der Waals surface area contributed by atoms with Gasteiger partial charge in [0.2, 0.25) is 10.0 Å². The van der Waals surface area contributed by atoms with Crippen molar-refractivity contribution in [2.45, 2.75) is 0 Å². The van der Waals surface area contributed by atoms with Gasteiger partial charge in [-0.05, 0) is 24.3 Å². The second-order valence-corrected chi connectivity index (χ2v) is 6.23. The minimum Gasteiger partial charge on any atom is -0.455 e. The Morgan fingerprint density at radius 1 is 1.00 bits per heavy atom. The zero-order chi connectivity index (χ0) is 13.9. The van der Waals surface area contributed by atoms with Gasteiger partial charge in [0.05, 0.1) is 6.26 Å². The minimum atomic E-state index is -3.55. The van der Waals surface area contributed by atoms with E-state index in [0.29, 0.717) is 15.3 Å². The summed E-state index contributed by atoms with van der Waals surface area (Å²) >= 11 is 5.82. The van der Waals surface area contributed by atoms with Gasteiger partial charge in [-0.1, -0.05) is 30.3 Å². The Morgan fingerprint density at radius 2 is 1.58 bits per heavy atom. The second kappa shape index (κ2) is 5.50. The molecule has 0 fully saturated rings. The van der Waals surface area contributed by atoms with Gasteiger partial charge in [-0.2, -0.15) is 3.82 Å². The van der Waals surface area contributed by atoms with Gasteiger partial charge in [0.25, 0.3) is 0 Å². The maximum Gasteiger partial charge on any atom is 0.246 e. The predicted octanol–water partition coefficient (Wildman–Crippen LogP) is 3.40. The molecule has 0 saturated heterocycles. The summed E-state index contributed by atoms with van der Waals surface area (Å²) in [4.78, 5) is 0. The summed E-state index contributed by atoms with van der Waals surface area (Å²) in [5.41, 5.74) is 0.274. The van der Waals surface area contributed by atoms with Crippen LogP contribution in [-0.4, -0.2) is 14.7 Å². The molecule has 2 aromatic rings. The highest BCUT2D eigenvalue weighted by Gasteiger charge is 2.19. The van der Waals surface area contributed by atoms with Crippen molar-refractivity contribution in [3.8, 4) is 11.5 Å². The van der Waals surface area contributed by atoms with Crippen LogP contribution in [0.15, 0.2) is 54.6 Å². The Kier molecular flexibility index (Phi) is 3.97. The van der Waals surface area contributed by atoms with Gasteiger partial charge in [-0.3, -0.25) is 0 Å². The lowest BCUT2D eigenvalue weighted by Gasteiger charge is -2.17. The molecule has 0 unspecified atom stereocenters. The summed E-state index contributed by atoms with van der Waals surface area (Å²) in [6.07, 6.45) is 1.03. The number of hydrogen-bond donors (Lipinski definition) is 0. The van der Waals surface area contributed by atoms with E-state index in [-0.39, 0.29) is 5.69 Å². The van der Waals surface area contributed by atoms with E-state index in [1.165, 1.54) is 0 Å². The Morgan fingerprint density at radius 3 is 2.21 bits per heavy atom. The summed E-state index contributed by atoms with van der Waals surface area (Å²) in [7, 11) is -3.55. The largest absolute Gasteiger partial charge is 0.455 e. The zero-order valence-corrected chi connectivity index (χ0v) is 11.7. The van der Waals surface area contributed by atoms with E-state index in [2.05, 4.69) is 0 Å². The van der Waals surface area contributed by atoms with Gasteiger partial charge in [0.1, 0.15) is 11.4 Å². The average Bonchev–Trinajstić information content (AvgIpc) is 2.39. The highest BCUT2D eigenvalue weighted by atomic mass is 35.5. The molecule has 0 atom stereocenters. The van der Waals surface area contributed by atoms with Crippen LogP contribution in [0.4, 0.5) is 5.69 Å². The third kappa shape index (κ3) is 3.39. The molecule has 6 heteroatoms. The van der Waals surface area contributed by atoms with Crippen LogP contribution in [0.2, 0.25) is 0 Å². The molecule has 2 rings (SSSR count). The number of nitrogens with zero attached hydrogens (tertiary/aromatic N) is 1. The van der Waals surface area contributed by atoms with Crippen LogP contribution in [-0.2, 0) is 10.0 Å². The number of hydrogen-bond acceptors (Lipinski definition) is 3. The van der Waals surface area contributed by atoms with Crippen LogP contribution >= 0.6 is 11.8 Å². The fourth-order valence-corrected chi connectivity index (χ4v) is 2.13. The molecule has 0 N–H and O–H groups in total. The van der Waals surface area contributed by atoms with E-state index < -0.39 is 10.0 Å². The summed E-state index contributed by atoms with van der Waals surface area (Å²) in [5, 5.41) is 0. The Bertz CT molecular complexity index is 659. The molecule has 0 aromatic heterocycles. The van der Waals surface area contributed by atoms with Crippen molar-refractivity contribution in [1.29, 1.82) is 0 Å². The van der Waals surface area contributed by atoms with Gasteiger partial charge in [-0.25, -0.2) is 8.42 Å². The van der Waals surface area contributed by atoms with Crippen molar-refractivity contribution in [3.63, 3.8) is 0 Å². The van der Waals surface area contributed by atoms with Crippen LogP contribution in [0.25, 0.3) is 0 Å². The average molecular weight is 298 g/mol. The number of benzene rings is 2. The first-order valence-electron chi connectivity index (χ1n) is 5.46. The Labute approximate surface area is 117 Å². The van der Waals surface area contributed by atoms with Crippen molar-refractivity contribution in [3.05, 3.63) is 54.6 Å². The van der Waals surface area contributed by atoms with Crippen molar-refractivity contribution in [2.24, 2.45) is 0 Å². The molecule has 0 heterocycles. The molecular weight excluding hydrogens is 286 g/mol. The van der Waals surface area contributed by atoms with E-state index in [1.54, 1.807) is 36.4 Å². The first kappa shape index (κ1) is 13.7. The van der Waals surface area contributed by atoms with E-state index in [4.69, 9.17) is 16.5 Å². The van der Waals surface area contributed by atoms with Gasteiger partial charge >= 0.3 is 0 Å². The van der Waals surface area contributed by atoms with Crippen LogP contribution in [0.5, 0.6) is 11.5 Å². The lowest BCUT2D eigenvalue weighted by molar-refractivity contribution is 0.484. The third-order valence-electron chi connectivity index (χ3n) is 2.32. The summed E-state index contributed by atoms with van der Waals surface area (Å²) < 4.78 is 29.3. The van der Waals surface area contributed by atoms with E-state index in [1.807, 2.05) is 18.2 Å². The molecular formula is C13H12ClNO3S. The summed E-state index contributed by atoms with van der Waals surface area (Å²) in [5.74, 6) is 0.975. The predicted molar refractivity (Wildman–Crippen MR) is 76.1 cm³/mol. The monoisotopic (exact) mass is 297 g/mol. The summed E-state index contributed by atoms with van der Waals surface area (Å²) in [6.45, 7) is 0. The number of rotatable bonds is 4. The Balaban J connectivity index is 2.37. The number of sulfonamides is 1. The standard InChI is InChI=1S/C13H12ClNO3S/c1-19(16,17)15(14)12-9-5-6-10-13(12)18-11-7-3-2-4-8-11/h2-10H,1H3. The molecule has 0 saturated carbocycles. The fraction of sp³-hybridized carbons (Fsp3) is 0.0769. The zero-order valence-electron chi connectivity index (χ0n) is 10.2. The molecule has 19 heavy (non-hydrogen) atoms. The molecule has 0 radical (unpaired) electrons. The van der Waals surface area contributed by atoms with Crippen molar-refractivity contribution in [2.75, 3.05) is 10.1 Å². The SMILES string of the molecule is CS(=O)(=O)N(Cl)c1ccccc1Oc1ccccc1. The van der Waals surface area contributed by atoms with Crippen LogP contribution < -0.4 is 8.56 Å². The van der Waals surface area contributed by atoms with Crippen LogP contribution in [0.1, 0.15) is 0 Å². The highest BCUT2D eigenvalue weighted by molar-refractivity contribution is 7.93. The maximum absolute atomic E-state index is 11.5. The Hall–Kier alpha value is -1.72. The molecule has 0 aliphatic heterocycles. The molecule has 2 aromatic carbocycles. The topological polar surface area (TPSA) is 46.6 Å². The molecule has 0 aliphatic rings. The molecule has 0 spiro atoms. The number of para-hydroxylation sites is 3. The van der Waals surface area contributed by atoms with E-state index >= 15 is 0 Å². The van der Waals surface area contributed by atoms with Gasteiger partial charge in [-0.15, -0.1) is 0 Å². The highest BCUT2D eigenvalue weighted by Crippen LogP contribution is 2.34. The fourth-order valence-electron chi connectivity index (χ4n) is 1.48.